The van der Waals surface area contributed by atoms with Crippen LogP contribution in [-0.2, 0) is 4.74 Å². The Labute approximate surface area is 168 Å². The highest BCUT2D eigenvalue weighted by molar-refractivity contribution is 6.00. The molecule has 2 heterocycles. The van der Waals surface area contributed by atoms with Crippen LogP contribution < -0.4 is 0 Å². The molecule has 1 aliphatic heterocycles. The van der Waals surface area contributed by atoms with Crippen molar-refractivity contribution in [1.29, 1.82) is 0 Å². The zero-order chi connectivity index (χ0) is 20.7. The van der Waals surface area contributed by atoms with Crippen LogP contribution in [0, 0.1) is 13.8 Å². The Kier molecular flexibility index (Phi) is 4.76. The highest BCUT2D eigenvalue weighted by Gasteiger charge is 2.42. The van der Waals surface area contributed by atoms with Gasteiger partial charge in [-0.3, -0.25) is 9.89 Å². The normalized spacial score (nSPS) is 15.8. The van der Waals surface area contributed by atoms with E-state index in [2.05, 4.69) is 10.2 Å². The van der Waals surface area contributed by atoms with Gasteiger partial charge in [-0.1, -0.05) is 18.2 Å². The SMILES string of the molecule is COCCN1C(=O)c2[nH]nc(-c3cc(C)cc(C)c3O)c2[C@@H]1c1cccc(O)c1. The minimum absolute atomic E-state index is 0.120. The molecule has 0 saturated heterocycles. The number of phenolic OH excluding ortho intramolecular Hbond substituents is 2. The maximum atomic E-state index is 13.1. The van der Waals surface area contributed by atoms with E-state index in [1.807, 2.05) is 32.0 Å². The molecule has 1 amide bonds. The van der Waals surface area contributed by atoms with Crippen molar-refractivity contribution >= 4 is 5.91 Å². The number of nitrogens with zero attached hydrogens (tertiary/aromatic N) is 2. The number of amides is 1. The monoisotopic (exact) mass is 393 g/mol. The van der Waals surface area contributed by atoms with E-state index in [4.69, 9.17) is 4.74 Å². The summed E-state index contributed by atoms with van der Waals surface area (Å²) in [6.07, 6.45) is 0. The van der Waals surface area contributed by atoms with Crippen LogP contribution in [0.1, 0.15) is 38.8 Å². The fourth-order valence-corrected chi connectivity index (χ4v) is 4.00. The van der Waals surface area contributed by atoms with Crippen molar-refractivity contribution in [3.05, 3.63) is 64.3 Å². The summed E-state index contributed by atoms with van der Waals surface area (Å²) in [5.74, 6) is 0.0738. The molecule has 1 aromatic heterocycles. The Hall–Kier alpha value is -3.32. The van der Waals surface area contributed by atoms with Gasteiger partial charge in [0.1, 0.15) is 22.9 Å². The number of rotatable bonds is 5. The molecule has 150 valence electrons. The fourth-order valence-electron chi connectivity index (χ4n) is 4.00. The molecule has 4 rings (SSSR count). The standard InChI is InChI=1S/C22H23N3O4/c1-12-9-13(2)21(27)16(10-12)18-17-19(24-23-18)22(28)25(7-8-29-3)20(17)14-5-4-6-15(26)11-14/h4-6,9-11,20,26-27H,7-8H2,1-3H3,(H,23,24)/t20-/m0/s1. The third kappa shape index (κ3) is 3.13. The number of nitrogens with one attached hydrogen (secondary N) is 1. The van der Waals surface area contributed by atoms with Crippen molar-refractivity contribution in [1.82, 2.24) is 15.1 Å². The number of hydrogen-bond acceptors (Lipinski definition) is 5. The predicted octanol–water partition coefficient (Wildman–Crippen LogP) is 3.30. The lowest BCUT2D eigenvalue weighted by Crippen LogP contribution is -2.32. The Balaban J connectivity index is 1.92. The summed E-state index contributed by atoms with van der Waals surface area (Å²) in [4.78, 5) is 14.8. The summed E-state index contributed by atoms with van der Waals surface area (Å²) >= 11 is 0. The Morgan fingerprint density at radius 1 is 1.21 bits per heavy atom. The third-order valence-corrected chi connectivity index (χ3v) is 5.29. The topological polar surface area (TPSA) is 98.7 Å². The number of hydrogen-bond donors (Lipinski definition) is 3. The molecule has 0 unspecified atom stereocenters. The van der Waals surface area contributed by atoms with Gasteiger partial charge in [-0.2, -0.15) is 5.10 Å². The number of carbonyl (C=O) groups is 1. The molecular weight excluding hydrogens is 370 g/mol. The smallest absolute Gasteiger partial charge is 0.273 e. The second kappa shape index (κ2) is 7.25. The average Bonchev–Trinajstić information content (AvgIpc) is 3.22. The number of benzene rings is 2. The van der Waals surface area contributed by atoms with E-state index in [1.165, 1.54) is 0 Å². The second-order valence-electron chi connectivity index (χ2n) is 7.33. The molecule has 3 aromatic rings. The molecule has 7 heteroatoms. The number of H-pyrrole nitrogens is 1. The van der Waals surface area contributed by atoms with Crippen LogP contribution in [0.15, 0.2) is 36.4 Å². The van der Waals surface area contributed by atoms with Crippen LogP contribution in [0.2, 0.25) is 0 Å². The quantitative estimate of drug-likeness (QED) is 0.618. The Bertz CT molecular complexity index is 1090. The van der Waals surface area contributed by atoms with Gasteiger partial charge in [0, 0.05) is 24.8 Å². The number of fused-ring (bicyclic) bond motifs is 1. The zero-order valence-electron chi connectivity index (χ0n) is 16.6. The first kappa shape index (κ1) is 19.0. The largest absolute Gasteiger partial charge is 0.508 e. The van der Waals surface area contributed by atoms with Crippen molar-refractivity contribution in [2.75, 3.05) is 20.3 Å². The van der Waals surface area contributed by atoms with Crippen molar-refractivity contribution in [3.8, 4) is 22.8 Å². The van der Waals surface area contributed by atoms with Gasteiger partial charge in [0.05, 0.1) is 12.6 Å². The second-order valence-corrected chi connectivity index (χ2v) is 7.33. The van der Waals surface area contributed by atoms with Crippen LogP contribution >= 0.6 is 0 Å². The highest BCUT2D eigenvalue weighted by Crippen LogP contribution is 2.45. The number of aromatic hydroxyl groups is 2. The third-order valence-electron chi connectivity index (χ3n) is 5.29. The number of aryl methyl sites for hydroxylation is 2. The number of methoxy groups -OCH3 is 1. The Morgan fingerprint density at radius 3 is 2.72 bits per heavy atom. The van der Waals surface area contributed by atoms with Gasteiger partial charge < -0.3 is 19.8 Å². The molecule has 0 saturated carbocycles. The van der Waals surface area contributed by atoms with Gasteiger partial charge in [-0.25, -0.2) is 0 Å². The van der Waals surface area contributed by atoms with Gasteiger partial charge in [-0.05, 0) is 48.7 Å². The predicted molar refractivity (Wildman–Crippen MR) is 108 cm³/mol. The van der Waals surface area contributed by atoms with Gasteiger partial charge in [0.2, 0.25) is 0 Å². The van der Waals surface area contributed by atoms with E-state index in [9.17, 15) is 15.0 Å². The first-order valence-corrected chi connectivity index (χ1v) is 9.40. The summed E-state index contributed by atoms with van der Waals surface area (Å²) in [6, 6.07) is 10.2. The van der Waals surface area contributed by atoms with E-state index in [-0.39, 0.29) is 17.4 Å². The van der Waals surface area contributed by atoms with Crippen LogP contribution in [0.4, 0.5) is 0 Å². The highest BCUT2D eigenvalue weighted by atomic mass is 16.5. The molecule has 0 bridgehead atoms. The van der Waals surface area contributed by atoms with E-state index in [0.29, 0.717) is 35.7 Å². The maximum Gasteiger partial charge on any atom is 0.273 e. The minimum Gasteiger partial charge on any atom is -0.508 e. The molecule has 0 spiro atoms. The van der Waals surface area contributed by atoms with Crippen molar-refractivity contribution in [3.63, 3.8) is 0 Å². The molecule has 0 radical (unpaired) electrons. The van der Waals surface area contributed by atoms with E-state index >= 15 is 0 Å². The number of aromatic amines is 1. The van der Waals surface area contributed by atoms with Gasteiger partial charge >= 0.3 is 0 Å². The van der Waals surface area contributed by atoms with Crippen LogP contribution in [0.3, 0.4) is 0 Å². The molecule has 0 fully saturated rings. The number of carbonyl (C=O) groups excluding carboxylic acids is 1. The van der Waals surface area contributed by atoms with E-state index in [1.54, 1.807) is 30.2 Å². The summed E-state index contributed by atoms with van der Waals surface area (Å²) in [7, 11) is 1.59. The lowest BCUT2D eigenvalue weighted by Gasteiger charge is -2.26. The van der Waals surface area contributed by atoms with Gasteiger partial charge in [-0.15, -0.1) is 0 Å². The summed E-state index contributed by atoms with van der Waals surface area (Å²) in [6.45, 7) is 4.55. The fraction of sp³-hybridized carbons (Fsp3) is 0.273. The summed E-state index contributed by atoms with van der Waals surface area (Å²) in [5.41, 5.74) is 4.69. The lowest BCUT2D eigenvalue weighted by molar-refractivity contribution is 0.0677. The Morgan fingerprint density at radius 2 is 2.00 bits per heavy atom. The molecule has 7 nitrogen and oxygen atoms in total. The average molecular weight is 393 g/mol. The molecule has 1 aliphatic rings. The summed E-state index contributed by atoms with van der Waals surface area (Å²) in [5, 5.41) is 28.0. The first-order chi connectivity index (χ1) is 13.9. The molecular formula is C22H23N3O4. The van der Waals surface area contributed by atoms with Crippen molar-refractivity contribution in [2.45, 2.75) is 19.9 Å². The van der Waals surface area contributed by atoms with Gasteiger partial charge in [0.25, 0.3) is 5.91 Å². The van der Waals surface area contributed by atoms with Crippen LogP contribution in [0.25, 0.3) is 11.3 Å². The van der Waals surface area contributed by atoms with Crippen molar-refractivity contribution < 1.29 is 19.7 Å². The minimum atomic E-state index is -0.450. The van der Waals surface area contributed by atoms with Crippen LogP contribution in [0.5, 0.6) is 11.5 Å². The molecule has 1 atom stereocenters. The molecule has 29 heavy (non-hydrogen) atoms. The van der Waals surface area contributed by atoms with E-state index in [0.717, 1.165) is 16.7 Å². The van der Waals surface area contributed by atoms with Crippen molar-refractivity contribution in [2.24, 2.45) is 0 Å². The molecule has 2 aromatic carbocycles. The molecule has 0 aliphatic carbocycles. The zero-order valence-corrected chi connectivity index (χ0v) is 16.6. The summed E-state index contributed by atoms with van der Waals surface area (Å²) < 4.78 is 5.19. The number of phenols is 2. The van der Waals surface area contributed by atoms with E-state index < -0.39 is 6.04 Å². The van der Waals surface area contributed by atoms with Gasteiger partial charge in [0.15, 0.2) is 0 Å². The number of aromatic nitrogens is 2. The number of ether oxygens (including phenoxy) is 1. The van der Waals surface area contributed by atoms with Crippen LogP contribution in [-0.4, -0.2) is 51.5 Å². The first-order valence-electron chi connectivity index (χ1n) is 9.40. The molecule has 3 N–H and O–H groups in total. The maximum absolute atomic E-state index is 13.1. The lowest BCUT2D eigenvalue weighted by atomic mass is 9.94.